The van der Waals surface area contributed by atoms with Crippen LogP contribution in [0.4, 0.5) is 0 Å². The van der Waals surface area contributed by atoms with Gasteiger partial charge in [-0.2, -0.15) is 0 Å². The van der Waals surface area contributed by atoms with Crippen molar-refractivity contribution >= 4 is 22.9 Å². The van der Waals surface area contributed by atoms with Crippen molar-refractivity contribution < 1.29 is 19.8 Å². The van der Waals surface area contributed by atoms with Gasteiger partial charge in [0.25, 0.3) is 0 Å². The Morgan fingerprint density at radius 1 is 1.33 bits per heavy atom. The molecule has 1 aromatic heterocycles. The average Bonchev–Trinajstić information content (AvgIpc) is 2.87. The normalized spacial score (nSPS) is 12.2. The van der Waals surface area contributed by atoms with E-state index in [0.717, 1.165) is 16.9 Å². The van der Waals surface area contributed by atoms with Gasteiger partial charge in [0.05, 0.1) is 11.0 Å². The number of para-hydroxylation sites is 2. The Hall–Kier alpha value is -2.41. The fraction of sp³-hybridized carbons (Fsp3) is 0.357. The summed E-state index contributed by atoms with van der Waals surface area (Å²) < 4.78 is 0. The van der Waals surface area contributed by atoms with Gasteiger partial charge in [0.15, 0.2) is 6.10 Å². The van der Waals surface area contributed by atoms with Crippen molar-refractivity contribution in [2.24, 2.45) is 0 Å². The number of aromatic nitrogens is 2. The summed E-state index contributed by atoms with van der Waals surface area (Å²) in [5, 5.41) is 20.1. The quantitative estimate of drug-likeness (QED) is 0.591. The first-order valence-electron chi connectivity index (χ1n) is 6.67. The zero-order valence-corrected chi connectivity index (χ0v) is 11.4. The summed E-state index contributed by atoms with van der Waals surface area (Å²) in [6.45, 7) is 0.131. The Bertz CT molecular complexity index is 605. The number of carbonyl (C=O) groups is 2. The number of carbonyl (C=O) groups excluding carboxylic acids is 1. The van der Waals surface area contributed by atoms with Crippen LogP contribution in [0.25, 0.3) is 11.0 Å². The molecule has 1 heterocycles. The van der Waals surface area contributed by atoms with Crippen molar-refractivity contribution in [3.8, 4) is 0 Å². The number of aromatic amines is 1. The number of fused-ring (bicyclic) bond motifs is 1. The van der Waals surface area contributed by atoms with E-state index in [-0.39, 0.29) is 25.3 Å². The summed E-state index contributed by atoms with van der Waals surface area (Å²) in [6.07, 6.45) is -0.725. The number of rotatable bonds is 7. The lowest BCUT2D eigenvalue weighted by molar-refractivity contribution is -0.147. The third kappa shape index (κ3) is 4.28. The van der Waals surface area contributed by atoms with Crippen LogP contribution in [0.15, 0.2) is 24.3 Å². The number of aryl methyl sites for hydroxylation is 1. The van der Waals surface area contributed by atoms with Gasteiger partial charge < -0.3 is 20.5 Å². The summed E-state index contributed by atoms with van der Waals surface area (Å²) in [6, 6.07) is 7.61. The Labute approximate surface area is 121 Å². The van der Waals surface area contributed by atoms with Gasteiger partial charge in [-0.3, -0.25) is 4.79 Å². The number of aliphatic hydroxyl groups excluding tert-OH is 1. The Balaban J connectivity index is 1.75. The molecule has 2 aromatic rings. The second-order valence-corrected chi connectivity index (χ2v) is 4.69. The van der Waals surface area contributed by atoms with Gasteiger partial charge in [-0.1, -0.05) is 12.1 Å². The van der Waals surface area contributed by atoms with Gasteiger partial charge in [0.2, 0.25) is 5.91 Å². The van der Waals surface area contributed by atoms with E-state index < -0.39 is 12.1 Å². The van der Waals surface area contributed by atoms with Crippen LogP contribution in [0.1, 0.15) is 18.7 Å². The van der Waals surface area contributed by atoms with E-state index in [0.29, 0.717) is 6.42 Å². The van der Waals surface area contributed by atoms with E-state index >= 15 is 0 Å². The maximum atomic E-state index is 11.6. The molecule has 0 bridgehead atoms. The highest BCUT2D eigenvalue weighted by Gasteiger charge is 2.13. The predicted octanol–water partition coefficient (Wildman–Crippen LogP) is 0.447. The minimum absolute atomic E-state index is 0.00822. The highest BCUT2D eigenvalue weighted by molar-refractivity contribution is 5.77. The number of hydrogen-bond donors (Lipinski definition) is 4. The van der Waals surface area contributed by atoms with E-state index in [9.17, 15) is 9.59 Å². The van der Waals surface area contributed by atoms with E-state index in [2.05, 4.69) is 15.3 Å². The van der Waals surface area contributed by atoms with E-state index in [1.165, 1.54) is 0 Å². The molecule has 1 aromatic carbocycles. The zero-order valence-electron chi connectivity index (χ0n) is 11.4. The molecule has 112 valence electrons. The van der Waals surface area contributed by atoms with Crippen LogP contribution in [0.2, 0.25) is 0 Å². The molecule has 0 spiro atoms. The zero-order chi connectivity index (χ0) is 15.2. The van der Waals surface area contributed by atoms with Crippen LogP contribution < -0.4 is 5.32 Å². The molecule has 0 aliphatic heterocycles. The lowest BCUT2D eigenvalue weighted by atomic mass is 10.2. The van der Waals surface area contributed by atoms with Gasteiger partial charge >= 0.3 is 5.97 Å². The van der Waals surface area contributed by atoms with Crippen molar-refractivity contribution in [2.75, 3.05) is 6.54 Å². The maximum Gasteiger partial charge on any atom is 0.332 e. The first kappa shape index (κ1) is 15.0. The van der Waals surface area contributed by atoms with Crippen LogP contribution in [0.5, 0.6) is 0 Å². The van der Waals surface area contributed by atoms with Crippen LogP contribution in [-0.4, -0.2) is 44.7 Å². The molecule has 4 N–H and O–H groups in total. The molecule has 1 atom stereocenters. The third-order valence-corrected chi connectivity index (χ3v) is 3.05. The van der Waals surface area contributed by atoms with Gasteiger partial charge in [0, 0.05) is 25.8 Å². The smallest absolute Gasteiger partial charge is 0.332 e. The first-order chi connectivity index (χ1) is 10.1. The molecule has 2 rings (SSSR count). The second-order valence-electron chi connectivity index (χ2n) is 4.69. The number of carboxylic acids is 1. The van der Waals surface area contributed by atoms with Gasteiger partial charge in [-0.05, 0) is 12.1 Å². The first-order valence-corrected chi connectivity index (χ1v) is 6.67. The molecule has 1 amide bonds. The van der Waals surface area contributed by atoms with Gasteiger partial charge in [-0.15, -0.1) is 0 Å². The summed E-state index contributed by atoms with van der Waals surface area (Å²) in [4.78, 5) is 29.5. The monoisotopic (exact) mass is 291 g/mol. The number of aliphatic carboxylic acids is 1. The van der Waals surface area contributed by atoms with E-state index in [1.807, 2.05) is 24.3 Å². The minimum Gasteiger partial charge on any atom is -0.479 e. The van der Waals surface area contributed by atoms with Crippen molar-refractivity contribution in [2.45, 2.75) is 25.4 Å². The van der Waals surface area contributed by atoms with Crippen LogP contribution in [0.3, 0.4) is 0 Å². The van der Waals surface area contributed by atoms with Crippen LogP contribution >= 0.6 is 0 Å². The molecule has 0 fully saturated rings. The number of benzene rings is 1. The SMILES string of the molecule is O=C(CCc1nc2ccccc2[nH]1)NCC[C@H](O)C(=O)O. The highest BCUT2D eigenvalue weighted by Crippen LogP contribution is 2.11. The van der Waals surface area contributed by atoms with Crippen molar-refractivity contribution in [3.63, 3.8) is 0 Å². The predicted molar refractivity (Wildman–Crippen MR) is 75.7 cm³/mol. The van der Waals surface area contributed by atoms with E-state index in [4.69, 9.17) is 10.2 Å². The molecule has 0 aliphatic carbocycles. The maximum absolute atomic E-state index is 11.6. The molecule has 0 saturated carbocycles. The number of amides is 1. The average molecular weight is 291 g/mol. The highest BCUT2D eigenvalue weighted by atomic mass is 16.4. The fourth-order valence-corrected chi connectivity index (χ4v) is 1.92. The van der Waals surface area contributed by atoms with Crippen molar-refractivity contribution in [1.82, 2.24) is 15.3 Å². The number of H-pyrrole nitrogens is 1. The fourth-order valence-electron chi connectivity index (χ4n) is 1.92. The Morgan fingerprint density at radius 2 is 2.10 bits per heavy atom. The van der Waals surface area contributed by atoms with Gasteiger partial charge in [0.1, 0.15) is 5.82 Å². The summed E-state index contributed by atoms with van der Waals surface area (Å²) in [5.74, 6) is -0.753. The second kappa shape index (κ2) is 6.85. The summed E-state index contributed by atoms with van der Waals surface area (Å²) in [7, 11) is 0. The number of imidazole rings is 1. The summed E-state index contributed by atoms with van der Waals surface area (Å²) >= 11 is 0. The molecule has 0 unspecified atom stereocenters. The van der Waals surface area contributed by atoms with Crippen molar-refractivity contribution in [3.05, 3.63) is 30.1 Å². The van der Waals surface area contributed by atoms with Crippen LogP contribution in [0, 0.1) is 0 Å². The lowest BCUT2D eigenvalue weighted by Gasteiger charge is -2.06. The Morgan fingerprint density at radius 3 is 2.81 bits per heavy atom. The molecule has 7 nitrogen and oxygen atoms in total. The topological polar surface area (TPSA) is 115 Å². The standard InChI is InChI=1S/C14H17N3O4/c18-11(14(20)21)7-8-15-13(19)6-5-12-16-9-3-1-2-4-10(9)17-12/h1-4,11,18H,5-8H2,(H,15,19)(H,16,17)(H,20,21)/t11-/m0/s1. The molecule has 0 aliphatic rings. The van der Waals surface area contributed by atoms with Crippen molar-refractivity contribution in [1.29, 1.82) is 0 Å². The molecular weight excluding hydrogens is 274 g/mol. The molecule has 7 heteroatoms. The largest absolute Gasteiger partial charge is 0.479 e. The van der Waals surface area contributed by atoms with Gasteiger partial charge in [-0.25, -0.2) is 9.78 Å². The van der Waals surface area contributed by atoms with E-state index in [1.54, 1.807) is 0 Å². The third-order valence-electron chi connectivity index (χ3n) is 3.05. The Kier molecular flexibility index (Phi) is 4.89. The number of aliphatic hydroxyl groups is 1. The number of nitrogens with one attached hydrogen (secondary N) is 2. The lowest BCUT2D eigenvalue weighted by Crippen LogP contribution is -2.30. The van der Waals surface area contributed by atoms with Crippen LogP contribution in [-0.2, 0) is 16.0 Å². The number of hydrogen-bond acceptors (Lipinski definition) is 4. The molecular formula is C14H17N3O4. The number of carboxylic acid groups (broad SMARTS) is 1. The minimum atomic E-state index is -1.44. The molecule has 0 radical (unpaired) electrons. The summed E-state index contributed by atoms with van der Waals surface area (Å²) in [5.41, 5.74) is 1.79. The number of nitrogens with zero attached hydrogens (tertiary/aromatic N) is 1. The molecule has 0 saturated heterocycles. The molecule has 21 heavy (non-hydrogen) atoms.